The van der Waals surface area contributed by atoms with Gasteiger partial charge in [0.2, 0.25) is 0 Å². The van der Waals surface area contributed by atoms with Crippen molar-refractivity contribution in [1.82, 2.24) is 9.80 Å². The Labute approximate surface area is 101 Å². The van der Waals surface area contributed by atoms with Gasteiger partial charge in [0.25, 0.3) is 5.91 Å². The van der Waals surface area contributed by atoms with Gasteiger partial charge in [-0.25, -0.2) is 0 Å². The lowest BCUT2D eigenvalue weighted by molar-refractivity contribution is 0.0569. The SMILES string of the molecule is Cc1occc1C(=O)N1CCN2CCC[C@@H]2C1. The number of carbonyl (C=O) groups excluding carboxylic acids is 1. The van der Waals surface area contributed by atoms with Crippen LogP contribution in [0.5, 0.6) is 0 Å². The summed E-state index contributed by atoms with van der Waals surface area (Å²) >= 11 is 0. The highest BCUT2D eigenvalue weighted by Crippen LogP contribution is 2.23. The van der Waals surface area contributed by atoms with Crippen LogP contribution in [0.15, 0.2) is 16.7 Å². The van der Waals surface area contributed by atoms with Crippen molar-refractivity contribution >= 4 is 5.91 Å². The zero-order chi connectivity index (χ0) is 11.8. The van der Waals surface area contributed by atoms with E-state index in [-0.39, 0.29) is 5.91 Å². The van der Waals surface area contributed by atoms with Crippen LogP contribution in [-0.4, -0.2) is 47.9 Å². The first-order chi connectivity index (χ1) is 8.25. The Morgan fingerprint density at radius 1 is 1.41 bits per heavy atom. The number of hydrogen-bond acceptors (Lipinski definition) is 3. The summed E-state index contributed by atoms with van der Waals surface area (Å²) < 4.78 is 5.21. The van der Waals surface area contributed by atoms with E-state index in [0.717, 1.165) is 31.0 Å². The number of fused-ring (bicyclic) bond motifs is 1. The number of piperazine rings is 1. The lowest BCUT2D eigenvalue weighted by Gasteiger charge is -2.37. The van der Waals surface area contributed by atoms with Gasteiger partial charge in [0.15, 0.2) is 0 Å². The molecule has 4 heteroatoms. The van der Waals surface area contributed by atoms with Crippen LogP contribution in [-0.2, 0) is 0 Å². The van der Waals surface area contributed by atoms with Gasteiger partial charge in [0.1, 0.15) is 5.76 Å². The van der Waals surface area contributed by atoms with Gasteiger partial charge >= 0.3 is 0 Å². The largest absolute Gasteiger partial charge is 0.469 e. The second-order valence-corrected chi connectivity index (χ2v) is 4.97. The smallest absolute Gasteiger partial charge is 0.257 e. The van der Waals surface area contributed by atoms with E-state index in [0.29, 0.717) is 6.04 Å². The predicted octanol–water partition coefficient (Wildman–Crippen LogP) is 1.51. The van der Waals surface area contributed by atoms with Crippen LogP contribution >= 0.6 is 0 Å². The normalized spacial score (nSPS) is 25.0. The molecule has 1 amide bonds. The van der Waals surface area contributed by atoms with Crippen LogP contribution in [0, 0.1) is 6.92 Å². The highest BCUT2D eigenvalue weighted by molar-refractivity contribution is 5.95. The van der Waals surface area contributed by atoms with Crippen LogP contribution in [0.3, 0.4) is 0 Å². The molecule has 2 aliphatic heterocycles. The third-order valence-electron chi connectivity index (χ3n) is 3.96. The number of aryl methyl sites for hydroxylation is 1. The van der Waals surface area contributed by atoms with Crippen molar-refractivity contribution < 1.29 is 9.21 Å². The molecule has 0 aromatic carbocycles. The fraction of sp³-hybridized carbons (Fsp3) is 0.615. The van der Waals surface area contributed by atoms with E-state index in [9.17, 15) is 4.79 Å². The molecule has 0 saturated carbocycles. The van der Waals surface area contributed by atoms with Crippen molar-refractivity contribution in [2.24, 2.45) is 0 Å². The fourth-order valence-corrected chi connectivity index (χ4v) is 2.95. The van der Waals surface area contributed by atoms with E-state index in [2.05, 4.69) is 4.90 Å². The summed E-state index contributed by atoms with van der Waals surface area (Å²) in [5.41, 5.74) is 0.719. The molecule has 92 valence electrons. The Kier molecular flexibility index (Phi) is 2.67. The molecule has 0 N–H and O–H groups in total. The summed E-state index contributed by atoms with van der Waals surface area (Å²) in [5.74, 6) is 0.853. The molecule has 0 unspecified atom stereocenters. The minimum Gasteiger partial charge on any atom is -0.469 e. The van der Waals surface area contributed by atoms with Gasteiger partial charge < -0.3 is 9.32 Å². The molecule has 2 saturated heterocycles. The van der Waals surface area contributed by atoms with Crippen LogP contribution < -0.4 is 0 Å². The van der Waals surface area contributed by atoms with Gasteiger partial charge in [-0.05, 0) is 32.4 Å². The number of nitrogens with zero attached hydrogens (tertiary/aromatic N) is 2. The number of carbonyl (C=O) groups is 1. The van der Waals surface area contributed by atoms with Crippen LogP contribution in [0.2, 0.25) is 0 Å². The molecule has 3 heterocycles. The summed E-state index contributed by atoms with van der Waals surface area (Å²) in [6, 6.07) is 2.36. The second kappa shape index (κ2) is 4.18. The molecule has 1 atom stereocenters. The van der Waals surface area contributed by atoms with E-state index in [1.165, 1.54) is 19.4 Å². The van der Waals surface area contributed by atoms with Gasteiger partial charge in [0, 0.05) is 25.7 Å². The summed E-state index contributed by atoms with van der Waals surface area (Å²) in [7, 11) is 0. The predicted molar refractivity (Wildman–Crippen MR) is 63.9 cm³/mol. The fourth-order valence-electron chi connectivity index (χ4n) is 2.95. The highest BCUT2D eigenvalue weighted by atomic mass is 16.3. The monoisotopic (exact) mass is 234 g/mol. The Balaban J connectivity index is 1.73. The zero-order valence-corrected chi connectivity index (χ0v) is 10.2. The summed E-state index contributed by atoms with van der Waals surface area (Å²) in [5, 5.41) is 0. The van der Waals surface area contributed by atoms with Crippen LogP contribution in [0.4, 0.5) is 0 Å². The molecule has 0 spiro atoms. The molecule has 0 aliphatic carbocycles. The quantitative estimate of drug-likeness (QED) is 0.739. The van der Waals surface area contributed by atoms with Crippen molar-refractivity contribution in [2.45, 2.75) is 25.8 Å². The average molecular weight is 234 g/mol. The van der Waals surface area contributed by atoms with Crippen molar-refractivity contribution in [2.75, 3.05) is 26.2 Å². The van der Waals surface area contributed by atoms with E-state index in [4.69, 9.17) is 4.42 Å². The van der Waals surface area contributed by atoms with Crippen LogP contribution in [0.1, 0.15) is 29.0 Å². The molecule has 3 rings (SSSR count). The molecule has 0 radical (unpaired) electrons. The van der Waals surface area contributed by atoms with E-state index >= 15 is 0 Å². The maximum atomic E-state index is 12.3. The minimum atomic E-state index is 0.128. The molecule has 0 bridgehead atoms. The Morgan fingerprint density at radius 2 is 2.29 bits per heavy atom. The number of furan rings is 1. The lowest BCUT2D eigenvalue weighted by atomic mass is 10.1. The van der Waals surface area contributed by atoms with Gasteiger partial charge in [-0.1, -0.05) is 0 Å². The van der Waals surface area contributed by atoms with Gasteiger partial charge in [-0.2, -0.15) is 0 Å². The maximum Gasteiger partial charge on any atom is 0.257 e. The lowest BCUT2D eigenvalue weighted by Crippen LogP contribution is -2.52. The van der Waals surface area contributed by atoms with E-state index in [1.54, 1.807) is 12.3 Å². The molecule has 4 nitrogen and oxygen atoms in total. The van der Waals surface area contributed by atoms with Crippen LogP contribution in [0.25, 0.3) is 0 Å². The molecule has 17 heavy (non-hydrogen) atoms. The molecule has 1 aromatic heterocycles. The van der Waals surface area contributed by atoms with Crippen molar-refractivity contribution in [3.8, 4) is 0 Å². The standard InChI is InChI=1S/C13H18N2O2/c1-10-12(4-8-17-10)13(16)15-7-6-14-5-2-3-11(14)9-15/h4,8,11H,2-3,5-7,9H2,1H3/t11-/m1/s1. The third kappa shape index (κ3) is 1.86. The Bertz CT molecular complexity index is 427. The van der Waals surface area contributed by atoms with Crippen molar-refractivity contribution in [3.05, 3.63) is 23.7 Å². The van der Waals surface area contributed by atoms with Crippen molar-refractivity contribution in [3.63, 3.8) is 0 Å². The zero-order valence-electron chi connectivity index (χ0n) is 10.2. The molecule has 2 aliphatic rings. The third-order valence-corrected chi connectivity index (χ3v) is 3.96. The molecular formula is C13H18N2O2. The Morgan fingerprint density at radius 3 is 3.06 bits per heavy atom. The van der Waals surface area contributed by atoms with E-state index in [1.807, 2.05) is 11.8 Å². The first-order valence-corrected chi connectivity index (χ1v) is 6.33. The topological polar surface area (TPSA) is 36.7 Å². The second-order valence-electron chi connectivity index (χ2n) is 4.97. The maximum absolute atomic E-state index is 12.3. The highest BCUT2D eigenvalue weighted by Gasteiger charge is 2.33. The first kappa shape index (κ1) is 10.8. The summed E-state index contributed by atoms with van der Waals surface area (Å²) in [4.78, 5) is 16.8. The summed E-state index contributed by atoms with van der Waals surface area (Å²) in [6.45, 7) is 5.80. The van der Waals surface area contributed by atoms with E-state index < -0.39 is 0 Å². The Hall–Kier alpha value is -1.29. The number of amides is 1. The minimum absolute atomic E-state index is 0.128. The van der Waals surface area contributed by atoms with Gasteiger partial charge in [0.05, 0.1) is 11.8 Å². The molecule has 2 fully saturated rings. The van der Waals surface area contributed by atoms with Gasteiger partial charge in [-0.15, -0.1) is 0 Å². The molecular weight excluding hydrogens is 216 g/mol. The first-order valence-electron chi connectivity index (χ1n) is 6.33. The summed E-state index contributed by atoms with van der Waals surface area (Å²) in [6.07, 6.45) is 4.10. The number of rotatable bonds is 1. The van der Waals surface area contributed by atoms with Crippen molar-refractivity contribution in [1.29, 1.82) is 0 Å². The average Bonchev–Trinajstić information content (AvgIpc) is 2.95. The number of hydrogen-bond donors (Lipinski definition) is 0. The van der Waals surface area contributed by atoms with Gasteiger partial charge in [-0.3, -0.25) is 9.69 Å². The molecule has 1 aromatic rings.